The highest BCUT2D eigenvalue weighted by atomic mass is 79.9. The molecule has 0 fully saturated rings. The fourth-order valence-electron chi connectivity index (χ4n) is 1.65. The van der Waals surface area contributed by atoms with Crippen LogP contribution >= 0.6 is 27.5 Å². The molecule has 0 amide bonds. The van der Waals surface area contributed by atoms with Crippen LogP contribution in [0.1, 0.15) is 5.56 Å². The quantitative estimate of drug-likeness (QED) is 0.852. The highest BCUT2D eigenvalue weighted by molar-refractivity contribution is 9.10. The molecule has 19 heavy (non-hydrogen) atoms. The number of hydrogen-bond donors (Lipinski definition) is 0. The largest absolute Gasteiger partial charge is 0.480 e. The van der Waals surface area contributed by atoms with Crippen molar-refractivity contribution in [2.24, 2.45) is 0 Å². The lowest BCUT2D eigenvalue weighted by Gasteiger charge is -2.17. The average molecular weight is 343 g/mol. The lowest BCUT2D eigenvalue weighted by molar-refractivity contribution is 0.394. The average Bonchev–Trinajstić information content (AvgIpc) is 2.39. The number of aromatic nitrogens is 2. The summed E-state index contributed by atoms with van der Waals surface area (Å²) in [6, 6.07) is 7.71. The Balaban J connectivity index is 2.18. The van der Waals surface area contributed by atoms with Gasteiger partial charge in [0.2, 0.25) is 11.8 Å². The minimum absolute atomic E-state index is 0.517. The van der Waals surface area contributed by atoms with Crippen molar-refractivity contribution in [2.45, 2.75) is 6.54 Å². The second-order valence-electron chi connectivity index (χ2n) is 4.01. The first-order valence-corrected chi connectivity index (χ1v) is 6.79. The van der Waals surface area contributed by atoms with E-state index in [2.05, 4.69) is 25.9 Å². The van der Waals surface area contributed by atoms with Crippen LogP contribution in [-0.2, 0) is 6.54 Å². The van der Waals surface area contributed by atoms with Crippen molar-refractivity contribution in [1.82, 2.24) is 9.97 Å². The van der Waals surface area contributed by atoms with E-state index < -0.39 is 0 Å². The van der Waals surface area contributed by atoms with Gasteiger partial charge in [-0.3, -0.25) is 0 Å². The molecular formula is C13H13BrClN3O. The zero-order chi connectivity index (χ0) is 13.8. The molecule has 0 atom stereocenters. The van der Waals surface area contributed by atoms with Crippen molar-refractivity contribution in [3.63, 3.8) is 0 Å². The molecule has 0 radical (unpaired) electrons. The molecule has 0 saturated heterocycles. The Hall–Kier alpha value is -1.33. The Morgan fingerprint density at radius 3 is 2.89 bits per heavy atom. The lowest BCUT2D eigenvalue weighted by atomic mass is 10.2. The summed E-state index contributed by atoms with van der Waals surface area (Å²) in [6.45, 7) is 0.672. The van der Waals surface area contributed by atoms with Gasteiger partial charge in [-0.25, -0.2) is 4.98 Å². The smallest absolute Gasteiger partial charge is 0.232 e. The van der Waals surface area contributed by atoms with Crippen molar-refractivity contribution in [3.8, 4) is 5.88 Å². The molecule has 100 valence electrons. The van der Waals surface area contributed by atoms with Gasteiger partial charge in [-0.15, -0.1) is 0 Å². The van der Waals surface area contributed by atoms with Gasteiger partial charge in [-0.1, -0.05) is 23.7 Å². The van der Waals surface area contributed by atoms with Crippen molar-refractivity contribution in [3.05, 3.63) is 45.5 Å². The Morgan fingerprint density at radius 2 is 2.21 bits per heavy atom. The molecule has 1 aromatic carbocycles. The van der Waals surface area contributed by atoms with Crippen LogP contribution < -0.4 is 9.64 Å². The highest BCUT2D eigenvalue weighted by Gasteiger charge is 2.09. The second kappa shape index (κ2) is 6.21. The van der Waals surface area contributed by atoms with Crippen molar-refractivity contribution < 1.29 is 4.74 Å². The summed E-state index contributed by atoms with van der Waals surface area (Å²) in [5, 5.41) is 0.722. The Labute approximate surface area is 125 Å². The molecule has 2 rings (SSSR count). The first-order valence-electron chi connectivity index (χ1n) is 5.62. The number of benzene rings is 1. The fraction of sp³-hybridized carbons (Fsp3) is 0.231. The van der Waals surface area contributed by atoms with E-state index in [-0.39, 0.29) is 0 Å². The van der Waals surface area contributed by atoms with E-state index in [1.165, 1.54) is 0 Å². The minimum atomic E-state index is 0.517. The SMILES string of the molecule is COc1nc(N(C)Cc2cccc(Cl)c2)ncc1Br. The molecule has 0 aliphatic carbocycles. The number of ether oxygens (including phenoxy) is 1. The van der Waals surface area contributed by atoms with E-state index in [1.54, 1.807) is 13.3 Å². The van der Waals surface area contributed by atoms with Gasteiger partial charge in [0.1, 0.15) is 0 Å². The van der Waals surface area contributed by atoms with E-state index in [4.69, 9.17) is 16.3 Å². The van der Waals surface area contributed by atoms with Crippen LogP contribution in [0.5, 0.6) is 5.88 Å². The van der Waals surface area contributed by atoms with Crippen LogP contribution in [-0.4, -0.2) is 24.1 Å². The molecule has 0 aliphatic heterocycles. The van der Waals surface area contributed by atoms with Crippen molar-refractivity contribution >= 4 is 33.5 Å². The van der Waals surface area contributed by atoms with Crippen molar-refractivity contribution in [2.75, 3.05) is 19.1 Å². The maximum absolute atomic E-state index is 5.97. The summed E-state index contributed by atoms with van der Waals surface area (Å²) in [5.74, 6) is 1.11. The Kier molecular flexibility index (Phi) is 4.61. The van der Waals surface area contributed by atoms with E-state index in [9.17, 15) is 0 Å². The monoisotopic (exact) mass is 341 g/mol. The third-order valence-corrected chi connectivity index (χ3v) is 3.32. The minimum Gasteiger partial charge on any atom is -0.480 e. The third kappa shape index (κ3) is 3.58. The predicted octanol–water partition coefficient (Wildman–Crippen LogP) is 3.54. The molecule has 2 aromatic rings. The van der Waals surface area contributed by atoms with E-state index >= 15 is 0 Å². The molecule has 0 N–H and O–H groups in total. The van der Waals surface area contributed by atoms with Gasteiger partial charge < -0.3 is 9.64 Å². The molecule has 0 unspecified atom stereocenters. The number of rotatable bonds is 4. The standard InChI is InChI=1S/C13H13BrClN3O/c1-18(8-9-4-3-5-10(15)6-9)13-16-7-11(14)12(17-13)19-2/h3-7H,8H2,1-2H3. The van der Waals surface area contributed by atoms with Gasteiger partial charge in [0, 0.05) is 18.6 Å². The lowest BCUT2D eigenvalue weighted by Crippen LogP contribution is -2.19. The molecule has 0 bridgehead atoms. The number of halogens is 2. The molecule has 0 spiro atoms. The molecule has 1 aromatic heterocycles. The third-order valence-electron chi connectivity index (χ3n) is 2.54. The zero-order valence-electron chi connectivity index (χ0n) is 10.6. The van der Waals surface area contributed by atoms with Crippen LogP contribution in [0.25, 0.3) is 0 Å². The number of methoxy groups -OCH3 is 1. The highest BCUT2D eigenvalue weighted by Crippen LogP contribution is 2.23. The topological polar surface area (TPSA) is 38.2 Å². The van der Waals surface area contributed by atoms with E-state index in [0.717, 1.165) is 15.1 Å². The van der Waals surface area contributed by atoms with Crippen LogP contribution in [0.3, 0.4) is 0 Å². The Morgan fingerprint density at radius 1 is 1.42 bits per heavy atom. The van der Waals surface area contributed by atoms with Crippen LogP contribution in [0.15, 0.2) is 34.9 Å². The summed E-state index contributed by atoms with van der Waals surface area (Å²) >= 11 is 9.30. The van der Waals surface area contributed by atoms with Gasteiger partial charge in [0.25, 0.3) is 0 Å². The first kappa shape index (κ1) is 14.1. The summed E-state index contributed by atoms with van der Waals surface area (Å²) in [6.07, 6.45) is 1.68. The molecule has 0 aliphatic rings. The first-order chi connectivity index (χ1) is 9.10. The predicted molar refractivity (Wildman–Crippen MR) is 79.8 cm³/mol. The van der Waals surface area contributed by atoms with E-state index in [0.29, 0.717) is 18.4 Å². The van der Waals surface area contributed by atoms with Gasteiger partial charge in [-0.2, -0.15) is 4.98 Å². The summed E-state index contributed by atoms with van der Waals surface area (Å²) in [5.41, 5.74) is 1.10. The maximum Gasteiger partial charge on any atom is 0.232 e. The number of hydrogen-bond acceptors (Lipinski definition) is 4. The molecular weight excluding hydrogens is 330 g/mol. The van der Waals surface area contributed by atoms with Gasteiger partial charge in [0.05, 0.1) is 17.8 Å². The van der Waals surface area contributed by atoms with Crippen LogP contribution in [0.4, 0.5) is 5.95 Å². The fourth-order valence-corrected chi connectivity index (χ4v) is 2.22. The molecule has 4 nitrogen and oxygen atoms in total. The van der Waals surface area contributed by atoms with Crippen LogP contribution in [0.2, 0.25) is 5.02 Å². The molecule has 6 heteroatoms. The van der Waals surface area contributed by atoms with Gasteiger partial charge >= 0.3 is 0 Å². The number of nitrogens with zero attached hydrogens (tertiary/aromatic N) is 3. The van der Waals surface area contributed by atoms with Gasteiger partial charge in [0.15, 0.2) is 0 Å². The summed E-state index contributed by atoms with van der Waals surface area (Å²) in [7, 11) is 3.50. The molecule has 1 heterocycles. The second-order valence-corrected chi connectivity index (χ2v) is 5.30. The summed E-state index contributed by atoms with van der Waals surface area (Å²) < 4.78 is 5.89. The Bertz CT molecular complexity index is 580. The molecule has 0 saturated carbocycles. The van der Waals surface area contributed by atoms with E-state index in [1.807, 2.05) is 36.2 Å². The zero-order valence-corrected chi connectivity index (χ0v) is 12.9. The van der Waals surface area contributed by atoms with Crippen molar-refractivity contribution in [1.29, 1.82) is 0 Å². The van der Waals surface area contributed by atoms with Gasteiger partial charge in [-0.05, 0) is 33.6 Å². The number of anilines is 1. The maximum atomic E-state index is 5.97. The summed E-state index contributed by atoms with van der Waals surface area (Å²) in [4.78, 5) is 10.5. The normalized spacial score (nSPS) is 10.3. The van der Waals surface area contributed by atoms with Crippen LogP contribution in [0, 0.1) is 0 Å².